The summed E-state index contributed by atoms with van der Waals surface area (Å²) in [6, 6.07) is 10.7. The normalized spacial score (nSPS) is 15.2. The minimum absolute atomic E-state index is 0.115. The summed E-state index contributed by atoms with van der Waals surface area (Å²) in [5, 5.41) is 0. The molecule has 1 saturated heterocycles. The first-order valence-corrected chi connectivity index (χ1v) is 10.3. The maximum atomic E-state index is 13.1. The molecule has 4 rings (SSSR count). The van der Waals surface area contributed by atoms with E-state index < -0.39 is 0 Å². The van der Waals surface area contributed by atoms with Crippen molar-refractivity contribution in [1.82, 2.24) is 19.9 Å². The van der Waals surface area contributed by atoms with Gasteiger partial charge in [0, 0.05) is 55.7 Å². The number of hydrogen-bond donors (Lipinski definition) is 1. The van der Waals surface area contributed by atoms with Gasteiger partial charge < -0.3 is 9.88 Å². The highest BCUT2D eigenvalue weighted by molar-refractivity contribution is 5.56. The molecule has 156 valence electrons. The highest BCUT2D eigenvalue weighted by Gasteiger charge is 2.17. The van der Waals surface area contributed by atoms with Gasteiger partial charge in [0.1, 0.15) is 17.5 Å². The number of aromatic amines is 1. The molecular weight excluding hydrogens is 381 g/mol. The number of halogens is 1. The van der Waals surface area contributed by atoms with Gasteiger partial charge in [-0.3, -0.25) is 9.69 Å². The zero-order valence-corrected chi connectivity index (χ0v) is 17.4. The van der Waals surface area contributed by atoms with Crippen LogP contribution in [0.3, 0.4) is 0 Å². The number of H-pyrrole nitrogens is 1. The largest absolute Gasteiger partial charge is 0.355 e. The van der Waals surface area contributed by atoms with Gasteiger partial charge in [-0.25, -0.2) is 14.4 Å². The van der Waals surface area contributed by atoms with Crippen LogP contribution in [0.5, 0.6) is 0 Å². The predicted octanol–water partition coefficient (Wildman–Crippen LogP) is 3.30. The second kappa shape index (κ2) is 8.75. The molecule has 1 aliphatic heterocycles. The lowest BCUT2D eigenvalue weighted by Crippen LogP contribution is -2.30. The summed E-state index contributed by atoms with van der Waals surface area (Å²) >= 11 is 0. The number of aromatic nitrogens is 3. The Morgan fingerprint density at radius 2 is 1.83 bits per heavy atom. The standard InChI is InChI=1S/C23H26FN5O/c1-16-17(2)26-22(27-23(16)30)19-6-9-21(25-14-19)29-11-3-10-28(12-13-29)15-18-4-7-20(24)8-5-18/h4-9,14H,3,10-13,15H2,1-2H3,(H,26,27,30). The highest BCUT2D eigenvalue weighted by atomic mass is 19.1. The molecule has 0 atom stereocenters. The third-order valence-electron chi connectivity index (χ3n) is 5.65. The molecule has 0 unspecified atom stereocenters. The Labute approximate surface area is 175 Å². The van der Waals surface area contributed by atoms with Crippen molar-refractivity contribution in [2.75, 3.05) is 31.1 Å². The van der Waals surface area contributed by atoms with E-state index in [0.29, 0.717) is 11.4 Å². The molecule has 0 spiro atoms. The first-order chi connectivity index (χ1) is 14.5. The van der Waals surface area contributed by atoms with Crippen LogP contribution in [-0.2, 0) is 6.54 Å². The Bertz CT molecular complexity index is 1060. The van der Waals surface area contributed by atoms with Gasteiger partial charge >= 0.3 is 0 Å². The van der Waals surface area contributed by atoms with E-state index in [2.05, 4.69) is 24.8 Å². The topological polar surface area (TPSA) is 65.1 Å². The molecule has 0 bridgehead atoms. The van der Waals surface area contributed by atoms with E-state index >= 15 is 0 Å². The third kappa shape index (κ3) is 4.57. The quantitative estimate of drug-likeness (QED) is 0.719. The summed E-state index contributed by atoms with van der Waals surface area (Å²) in [4.78, 5) is 28.6. The summed E-state index contributed by atoms with van der Waals surface area (Å²) < 4.78 is 13.1. The van der Waals surface area contributed by atoms with Crippen molar-refractivity contribution in [2.24, 2.45) is 0 Å². The monoisotopic (exact) mass is 407 g/mol. The number of benzene rings is 1. The summed E-state index contributed by atoms with van der Waals surface area (Å²) in [6.07, 6.45) is 2.81. The number of nitrogens with one attached hydrogen (secondary N) is 1. The van der Waals surface area contributed by atoms with Crippen LogP contribution in [0.15, 0.2) is 47.4 Å². The van der Waals surface area contributed by atoms with Gasteiger partial charge in [0.2, 0.25) is 0 Å². The van der Waals surface area contributed by atoms with Crippen molar-refractivity contribution < 1.29 is 4.39 Å². The fraction of sp³-hybridized carbons (Fsp3) is 0.348. The minimum atomic E-state index is -0.199. The number of rotatable bonds is 4. The van der Waals surface area contributed by atoms with E-state index in [-0.39, 0.29) is 11.4 Å². The van der Waals surface area contributed by atoms with Crippen LogP contribution in [0.2, 0.25) is 0 Å². The zero-order valence-electron chi connectivity index (χ0n) is 17.4. The molecule has 0 saturated carbocycles. The fourth-order valence-corrected chi connectivity index (χ4v) is 3.70. The third-order valence-corrected chi connectivity index (χ3v) is 5.65. The Balaban J connectivity index is 1.42. The lowest BCUT2D eigenvalue weighted by molar-refractivity contribution is 0.285. The van der Waals surface area contributed by atoms with Gasteiger partial charge in [0.05, 0.1) is 0 Å². The predicted molar refractivity (Wildman–Crippen MR) is 116 cm³/mol. The second-order valence-electron chi connectivity index (χ2n) is 7.77. The molecule has 1 fully saturated rings. The van der Waals surface area contributed by atoms with Crippen LogP contribution in [0.4, 0.5) is 10.2 Å². The molecule has 6 nitrogen and oxygen atoms in total. The molecule has 3 heterocycles. The van der Waals surface area contributed by atoms with Crippen molar-refractivity contribution in [1.29, 1.82) is 0 Å². The number of hydrogen-bond acceptors (Lipinski definition) is 5. The number of aryl methyl sites for hydroxylation is 1. The first kappa shape index (κ1) is 20.2. The number of anilines is 1. The molecule has 0 aliphatic carbocycles. The van der Waals surface area contributed by atoms with Crippen LogP contribution in [-0.4, -0.2) is 46.0 Å². The molecule has 1 aromatic carbocycles. The van der Waals surface area contributed by atoms with Crippen LogP contribution in [0, 0.1) is 19.7 Å². The SMILES string of the molecule is Cc1nc(-c2ccc(N3CCCN(Cc4ccc(F)cc4)CC3)nc2)[nH]c(=O)c1C. The van der Waals surface area contributed by atoms with Gasteiger partial charge in [0.25, 0.3) is 5.56 Å². The smallest absolute Gasteiger partial charge is 0.254 e. The van der Waals surface area contributed by atoms with E-state index in [4.69, 9.17) is 0 Å². The molecule has 0 radical (unpaired) electrons. The van der Waals surface area contributed by atoms with Crippen molar-refractivity contribution in [3.63, 3.8) is 0 Å². The lowest BCUT2D eigenvalue weighted by Gasteiger charge is -2.23. The van der Waals surface area contributed by atoms with Crippen molar-refractivity contribution in [3.05, 3.63) is 75.6 Å². The Morgan fingerprint density at radius 3 is 2.53 bits per heavy atom. The van der Waals surface area contributed by atoms with Gasteiger partial charge in [-0.15, -0.1) is 0 Å². The summed E-state index contributed by atoms with van der Waals surface area (Å²) in [7, 11) is 0. The summed E-state index contributed by atoms with van der Waals surface area (Å²) in [6.45, 7) is 8.17. The van der Waals surface area contributed by atoms with Crippen LogP contribution >= 0.6 is 0 Å². The minimum Gasteiger partial charge on any atom is -0.355 e. The summed E-state index contributed by atoms with van der Waals surface area (Å²) in [5.41, 5.74) is 3.17. The Morgan fingerprint density at radius 1 is 1.03 bits per heavy atom. The Kier molecular flexibility index (Phi) is 5.90. The molecule has 7 heteroatoms. The number of nitrogens with zero attached hydrogens (tertiary/aromatic N) is 4. The van der Waals surface area contributed by atoms with Crippen LogP contribution in [0.1, 0.15) is 23.2 Å². The van der Waals surface area contributed by atoms with Gasteiger partial charge in [-0.1, -0.05) is 12.1 Å². The van der Waals surface area contributed by atoms with E-state index in [9.17, 15) is 9.18 Å². The maximum absolute atomic E-state index is 13.1. The van der Waals surface area contributed by atoms with Gasteiger partial charge in [-0.2, -0.15) is 0 Å². The molecule has 3 aromatic rings. The maximum Gasteiger partial charge on any atom is 0.254 e. The second-order valence-corrected chi connectivity index (χ2v) is 7.77. The zero-order chi connectivity index (χ0) is 21.1. The molecule has 30 heavy (non-hydrogen) atoms. The first-order valence-electron chi connectivity index (χ1n) is 10.3. The van der Waals surface area contributed by atoms with Crippen LogP contribution < -0.4 is 10.5 Å². The molecular formula is C23H26FN5O. The molecule has 0 amide bonds. The Hall–Kier alpha value is -3.06. The number of pyridine rings is 1. The van der Waals surface area contributed by atoms with Crippen molar-refractivity contribution in [2.45, 2.75) is 26.8 Å². The molecule has 2 aromatic heterocycles. The lowest BCUT2D eigenvalue weighted by atomic mass is 10.2. The summed E-state index contributed by atoms with van der Waals surface area (Å²) in [5.74, 6) is 1.27. The highest BCUT2D eigenvalue weighted by Crippen LogP contribution is 2.19. The fourth-order valence-electron chi connectivity index (χ4n) is 3.70. The molecule has 1 N–H and O–H groups in total. The molecule has 1 aliphatic rings. The van der Waals surface area contributed by atoms with E-state index in [0.717, 1.165) is 61.8 Å². The average molecular weight is 407 g/mol. The van der Waals surface area contributed by atoms with Gasteiger partial charge in [-0.05, 0) is 50.1 Å². The van der Waals surface area contributed by atoms with E-state index in [1.807, 2.05) is 31.2 Å². The van der Waals surface area contributed by atoms with Crippen molar-refractivity contribution >= 4 is 5.82 Å². The van der Waals surface area contributed by atoms with Crippen molar-refractivity contribution in [3.8, 4) is 11.4 Å². The van der Waals surface area contributed by atoms with E-state index in [1.54, 1.807) is 13.1 Å². The van der Waals surface area contributed by atoms with Gasteiger partial charge in [0.15, 0.2) is 0 Å². The van der Waals surface area contributed by atoms with Crippen LogP contribution in [0.25, 0.3) is 11.4 Å². The average Bonchev–Trinajstić information content (AvgIpc) is 2.99. The van der Waals surface area contributed by atoms with E-state index in [1.165, 1.54) is 12.1 Å².